The van der Waals surface area contributed by atoms with Gasteiger partial charge in [0.15, 0.2) is 12.4 Å². The summed E-state index contributed by atoms with van der Waals surface area (Å²) in [6.07, 6.45) is 6.27. The van der Waals surface area contributed by atoms with Crippen molar-refractivity contribution < 1.29 is 29.3 Å². The summed E-state index contributed by atoms with van der Waals surface area (Å²) in [4.78, 5) is 36.3. The predicted molar refractivity (Wildman–Crippen MR) is 117 cm³/mol. The molecule has 2 N–H and O–H groups in total. The first kappa shape index (κ1) is 22.9. The lowest BCUT2D eigenvalue weighted by Crippen LogP contribution is -2.69. The molecule has 0 radical (unpaired) electrons. The first-order valence-electron chi connectivity index (χ1n) is 11.0. The van der Waals surface area contributed by atoms with Gasteiger partial charge in [-0.15, -0.1) is 0 Å². The molecule has 6 nitrogen and oxygen atoms in total. The van der Waals surface area contributed by atoms with Gasteiger partial charge in [0, 0.05) is 17.8 Å². The lowest BCUT2D eigenvalue weighted by Gasteiger charge is -2.65. The SMILES string of the molecule is CC(=O)OCC(=O)C1(O)CCC2C3CC(C)C4=CC(=O)C=CC4(C)C3(Br)C(O)CC21C. The van der Waals surface area contributed by atoms with Crippen LogP contribution >= 0.6 is 15.9 Å². The number of esters is 1. The van der Waals surface area contributed by atoms with Gasteiger partial charge in [-0.05, 0) is 55.6 Å². The van der Waals surface area contributed by atoms with Gasteiger partial charge in [0.25, 0.3) is 0 Å². The number of allylic oxidation sites excluding steroid dienone is 4. The van der Waals surface area contributed by atoms with Crippen LogP contribution in [0.25, 0.3) is 0 Å². The lowest BCUT2D eigenvalue weighted by molar-refractivity contribution is -0.176. The molecular formula is C24H31BrO6. The Bertz CT molecular complexity index is 910. The Kier molecular flexibility index (Phi) is 5.23. The normalized spacial score (nSPS) is 48.4. The molecule has 8 atom stereocenters. The van der Waals surface area contributed by atoms with E-state index in [-0.39, 0.29) is 36.4 Å². The Morgan fingerprint density at radius 2 is 1.97 bits per heavy atom. The van der Waals surface area contributed by atoms with Crippen molar-refractivity contribution in [3.05, 3.63) is 23.8 Å². The molecule has 4 rings (SSSR count). The average Bonchev–Trinajstić information content (AvgIpc) is 2.96. The molecule has 0 saturated heterocycles. The highest BCUT2D eigenvalue weighted by Gasteiger charge is 2.73. The van der Waals surface area contributed by atoms with Gasteiger partial charge in [0.2, 0.25) is 5.78 Å². The fraction of sp³-hybridized carbons (Fsp3) is 0.708. The molecule has 0 amide bonds. The summed E-state index contributed by atoms with van der Waals surface area (Å²) in [7, 11) is 0. The first-order chi connectivity index (χ1) is 14.3. The van der Waals surface area contributed by atoms with Crippen molar-refractivity contribution >= 4 is 33.5 Å². The number of hydrogen-bond acceptors (Lipinski definition) is 6. The van der Waals surface area contributed by atoms with Crippen molar-refractivity contribution in [2.45, 2.75) is 69.4 Å². The van der Waals surface area contributed by atoms with Gasteiger partial charge in [-0.25, -0.2) is 0 Å². The minimum atomic E-state index is -1.65. The van der Waals surface area contributed by atoms with Crippen molar-refractivity contribution in [3.8, 4) is 0 Å². The highest BCUT2D eigenvalue weighted by atomic mass is 79.9. The van der Waals surface area contributed by atoms with Crippen LogP contribution in [0.3, 0.4) is 0 Å². The van der Waals surface area contributed by atoms with Crippen LogP contribution in [0.5, 0.6) is 0 Å². The van der Waals surface area contributed by atoms with E-state index in [9.17, 15) is 24.6 Å². The number of rotatable bonds is 3. The fourth-order valence-corrected chi connectivity index (χ4v) is 8.38. The van der Waals surface area contributed by atoms with Crippen LogP contribution in [0.2, 0.25) is 0 Å². The summed E-state index contributed by atoms with van der Waals surface area (Å²) in [5.41, 5.74) is -2.01. The smallest absolute Gasteiger partial charge is 0.303 e. The molecule has 0 aliphatic heterocycles. The van der Waals surface area contributed by atoms with E-state index in [1.807, 2.05) is 13.0 Å². The van der Waals surface area contributed by atoms with E-state index in [0.717, 1.165) is 12.0 Å². The van der Waals surface area contributed by atoms with E-state index < -0.39 is 45.2 Å². The maximum absolute atomic E-state index is 13.0. The number of carbonyl (C=O) groups excluding carboxylic acids is 3. The van der Waals surface area contributed by atoms with E-state index in [2.05, 4.69) is 29.8 Å². The zero-order valence-electron chi connectivity index (χ0n) is 18.5. The molecule has 31 heavy (non-hydrogen) atoms. The van der Waals surface area contributed by atoms with Crippen LogP contribution in [-0.2, 0) is 19.1 Å². The summed E-state index contributed by atoms with van der Waals surface area (Å²) in [5, 5.41) is 23.1. The average molecular weight is 495 g/mol. The fourth-order valence-electron chi connectivity index (χ4n) is 7.35. The van der Waals surface area contributed by atoms with Gasteiger partial charge in [-0.1, -0.05) is 48.4 Å². The molecule has 8 unspecified atom stereocenters. The van der Waals surface area contributed by atoms with Crippen molar-refractivity contribution in [1.82, 2.24) is 0 Å². The van der Waals surface area contributed by atoms with Crippen molar-refractivity contribution in [1.29, 1.82) is 0 Å². The van der Waals surface area contributed by atoms with E-state index in [1.54, 1.807) is 12.2 Å². The summed E-state index contributed by atoms with van der Waals surface area (Å²) in [5.74, 6) is -0.974. The summed E-state index contributed by atoms with van der Waals surface area (Å²) < 4.78 is 4.20. The van der Waals surface area contributed by atoms with Gasteiger partial charge in [-0.3, -0.25) is 14.4 Å². The zero-order valence-corrected chi connectivity index (χ0v) is 20.1. The molecular weight excluding hydrogens is 464 g/mol. The molecule has 4 aliphatic rings. The number of alkyl halides is 1. The third-order valence-electron chi connectivity index (χ3n) is 8.99. The van der Waals surface area contributed by atoms with Crippen LogP contribution in [0.4, 0.5) is 0 Å². The maximum Gasteiger partial charge on any atom is 0.303 e. The first-order valence-corrected chi connectivity index (χ1v) is 11.8. The van der Waals surface area contributed by atoms with Crippen LogP contribution in [0.1, 0.15) is 53.4 Å². The number of Topliss-reactive ketones (excluding diaryl/α,β-unsaturated/α-hetero) is 1. The quantitative estimate of drug-likeness (QED) is 0.462. The second kappa shape index (κ2) is 7.09. The Morgan fingerprint density at radius 3 is 2.61 bits per heavy atom. The molecule has 3 fully saturated rings. The molecule has 0 heterocycles. The number of ketones is 2. The number of hydrogen-bond donors (Lipinski definition) is 2. The molecule has 0 aromatic rings. The van der Waals surface area contributed by atoms with E-state index in [0.29, 0.717) is 6.42 Å². The summed E-state index contributed by atoms with van der Waals surface area (Å²) in [6, 6.07) is 0. The van der Waals surface area contributed by atoms with Crippen molar-refractivity contribution in [2.24, 2.45) is 28.6 Å². The number of carbonyl (C=O) groups is 3. The van der Waals surface area contributed by atoms with E-state index in [1.165, 1.54) is 6.92 Å². The van der Waals surface area contributed by atoms with Gasteiger partial charge in [0.05, 0.1) is 10.4 Å². The Morgan fingerprint density at radius 1 is 1.29 bits per heavy atom. The topological polar surface area (TPSA) is 101 Å². The number of aliphatic hydroxyl groups is 2. The molecule has 0 aromatic heterocycles. The molecule has 7 heteroatoms. The highest BCUT2D eigenvalue weighted by Crippen LogP contribution is 2.71. The van der Waals surface area contributed by atoms with Gasteiger partial charge in [0.1, 0.15) is 5.60 Å². The highest BCUT2D eigenvalue weighted by molar-refractivity contribution is 9.10. The lowest BCUT2D eigenvalue weighted by atomic mass is 9.44. The molecule has 170 valence electrons. The van der Waals surface area contributed by atoms with Gasteiger partial charge < -0.3 is 14.9 Å². The minimum absolute atomic E-state index is 0.00611. The van der Waals surface area contributed by atoms with Gasteiger partial charge in [-0.2, -0.15) is 0 Å². The standard InChI is InChI=1S/C24H31BrO6/c1-13-9-18-16-6-8-23(30,20(29)12-31-14(2)26)22(16,4)11-19(28)24(18,25)21(3)7-5-15(27)10-17(13)21/h5,7,10,13,16,18-19,28,30H,6,8-9,11-12H2,1-4H3. The van der Waals surface area contributed by atoms with Crippen molar-refractivity contribution in [3.63, 3.8) is 0 Å². The van der Waals surface area contributed by atoms with Crippen LogP contribution < -0.4 is 0 Å². The van der Waals surface area contributed by atoms with Crippen molar-refractivity contribution in [2.75, 3.05) is 6.61 Å². The molecule has 0 bridgehead atoms. The molecule has 0 spiro atoms. The third kappa shape index (κ3) is 2.85. The molecule has 4 aliphatic carbocycles. The Hall–Kier alpha value is -1.31. The predicted octanol–water partition coefficient (Wildman–Crippen LogP) is 2.89. The van der Waals surface area contributed by atoms with Crippen LogP contribution in [0, 0.1) is 28.6 Å². The number of aliphatic hydroxyl groups excluding tert-OH is 1. The molecule has 0 aromatic carbocycles. The largest absolute Gasteiger partial charge is 0.458 e. The zero-order chi connectivity index (χ0) is 23.0. The minimum Gasteiger partial charge on any atom is -0.458 e. The van der Waals surface area contributed by atoms with Gasteiger partial charge >= 0.3 is 5.97 Å². The van der Waals surface area contributed by atoms with E-state index in [4.69, 9.17) is 4.74 Å². The molecule has 3 saturated carbocycles. The van der Waals surface area contributed by atoms with Crippen LogP contribution in [0.15, 0.2) is 23.8 Å². The Labute approximate surface area is 191 Å². The van der Waals surface area contributed by atoms with E-state index >= 15 is 0 Å². The third-order valence-corrected chi connectivity index (χ3v) is 10.9. The summed E-state index contributed by atoms with van der Waals surface area (Å²) in [6.45, 7) is 6.84. The number of halogens is 1. The Balaban J connectivity index is 1.75. The second-order valence-corrected chi connectivity index (χ2v) is 11.7. The monoisotopic (exact) mass is 494 g/mol. The number of fused-ring (bicyclic) bond motifs is 5. The number of ether oxygens (including phenoxy) is 1. The summed E-state index contributed by atoms with van der Waals surface area (Å²) >= 11 is 3.98. The second-order valence-electron chi connectivity index (χ2n) is 10.4. The maximum atomic E-state index is 13.0. The van der Waals surface area contributed by atoms with Crippen LogP contribution in [-0.4, -0.2) is 50.4 Å².